The van der Waals surface area contributed by atoms with Crippen molar-refractivity contribution in [2.75, 3.05) is 6.54 Å². The van der Waals surface area contributed by atoms with Crippen LogP contribution in [0.5, 0.6) is 0 Å². The molecule has 2 nitrogen and oxygen atoms in total. The Kier molecular flexibility index (Phi) is 4.62. The summed E-state index contributed by atoms with van der Waals surface area (Å²) in [7, 11) is 0. The average Bonchev–Trinajstić information content (AvgIpc) is 2.09. The highest BCUT2D eigenvalue weighted by molar-refractivity contribution is 4.75. The van der Waals surface area contributed by atoms with Gasteiger partial charge in [0.25, 0.3) is 0 Å². The Morgan fingerprint density at radius 1 is 1.25 bits per heavy atom. The second-order valence-corrected chi connectivity index (χ2v) is 4.00. The molecule has 0 aromatic rings. The van der Waals surface area contributed by atoms with Gasteiger partial charge in [-0.25, -0.2) is 0 Å². The van der Waals surface area contributed by atoms with Gasteiger partial charge in [-0.05, 0) is 18.3 Å². The molecular weight excluding hydrogens is 148 g/mol. The summed E-state index contributed by atoms with van der Waals surface area (Å²) in [5.74, 6) is 7.16. The van der Waals surface area contributed by atoms with Gasteiger partial charge in [0.15, 0.2) is 0 Å². The van der Waals surface area contributed by atoms with E-state index in [0.717, 1.165) is 18.4 Å². The van der Waals surface area contributed by atoms with E-state index in [4.69, 9.17) is 5.84 Å². The van der Waals surface area contributed by atoms with Crippen molar-refractivity contribution in [2.24, 2.45) is 17.7 Å². The molecule has 0 heterocycles. The van der Waals surface area contributed by atoms with Gasteiger partial charge in [-0.3, -0.25) is 11.3 Å². The SMILES string of the molecule is CCCC1CCCCC1CNN. The third-order valence-corrected chi connectivity index (χ3v) is 3.11. The Hall–Kier alpha value is -0.0800. The highest BCUT2D eigenvalue weighted by atomic mass is 15.2. The van der Waals surface area contributed by atoms with Crippen LogP contribution in [0.4, 0.5) is 0 Å². The van der Waals surface area contributed by atoms with Gasteiger partial charge in [0.05, 0.1) is 0 Å². The molecule has 1 aliphatic rings. The Labute approximate surface area is 75.9 Å². The normalized spacial score (nSPS) is 30.5. The second-order valence-electron chi connectivity index (χ2n) is 4.00. The predicted molar refractivity (Wildman–Crippen MR) is 52.5 cm³/mol. The first kappa shape index (κ1) is 10.0. The summed E-state index contributed by atoms with van der Waals surface area (Å²) in [5.41, 5.74) is 2.83. The molecule has 1 fully saturated rings. The van der Waals surface area contributed by atoms with Crippen molar-refractivity contribution in [3.05, 3.63) is 0 Å². The van der Waals surface area contributed by atoms with E-state index in [2.05, 4.69) is 12.3 Å². The number of hydrazine groups is 1. The molecule has 1 rings (SSSR count). The van der Waals surface area contributed by atoms with Crippen molar-refractivity contribution < 1.29 is 0 Å². The van der Waals surface area contributed by atoms with Crippen LogP contribution >= 0.6 is 0 Å². The van der Waals surface area contributed by atoms with E-state index in [0.29, 0.717) is 0 Å². The fourth-order valence-corrected chi connectivity index (χ4v) is 2.46. The third-order valence-electron chi connectivity index (χ3n) is 3.11. The molecule has 72 valence electrons. The number of hydrogen-bond donors (Lipinski definition) is 2. The molecule has 0 amide bonds. The number of hydrogen-bond acceptors (Lipinski definition) is 2. The average molecular weight is 170 g/mol. The van der Waals surface area contributed by atoms with Crippen molar-refractivity contribution >= 4 is 0 Å². The first-order chi connectivity index (χ1) is 5.88. The van der Waals surface area contributed by atoms with Crippen LogP contribution in [0.25, 0.3) is 0 Å². The van der Waals surface area contributed by atoms with Crippen LogP contribution in [0, 0.1) is 11.8 Å². The van der Waals surface area contributed by atoms with Gasteiger partial charge in [0.1, 0.15) is 0 Å². The molecule has 1 saturated carbocycles. The molecular formula is C10H22N2. The minimum absolute atomic E-state index is 0.851. The van der Waals surface area contributed by atoms with Gasteiger partial charge in [0, 0.05) is 6.54 Å². The number of rotatable bonds is 4. The highest BCUT2D eigenvalue weighted by Crippen LogP contribution is 2.32. The number of nitrogens with two attached hydrogens (primary N) is 1. The molecule has 12 heavy (non-hydrogen) atoms. The van der Waals surface area contributed by atoms with Crippen LogP contribution in [0.15, 0.2) is 0 Å². The number of nitrogens with one attached hydrogen (secondary N) is 1. The van der Waals surface area contributed by atoms with E-state index in [1.807, 2.05) is 0 Å². The summed E-state index contributed by atoms with van der Waals surface area (Å²) >= 11 is 0. The molecule has 0 aromatic heterocycles. The Morgan fingerprint density at radius 3 is 2.50 bits per heavy atom. The summed E-state index contributed by atoms with van der Waals surface area (Å²) in [6, 6.07) is 0. The van der Waals surface area contributed by atoms with Crippen LogP contribution in [-0.4, -0.2) is 6.54 Å². The van der Waals surface area contributed by atoms with Crippen LogP contribution in [-0.2, 0) is 0 Å². The lowest BCUT2D eigenvalue weighted by atomic mass is 9.77. The summed E-state index contributed by atoms with van der Waals surface area (Å²) in [6.45, 7) is 3.30. The van der Waals surface area contributed by atoms with Gasteiger partial charge in [-0.1, -0.05) is 39.0 Å². The van der Waals surface area contributed by atoms with Crippen molar-refractivity contribution in [3.8, 4) is 0 Å². The maximum atomic E-state index is 5.37. The van der Waals surface area contributed by atoms with Crippen LogP contribution in [0.3, 0.4) is 0 Å². The van der Waals surface area contributed by atoms with Gasteiger partial charge in [0.2, 0.25) is 0 Å². The van der Waals surface area contributed by atoms with Crippen molar-refractivity contribution in [1.82, 2.24) is 5.43 Å². The molecule has 0 radical (unpaired) electrons. The predicted octanol–water partition coefficient (Wildman–Crippen LogP) is 2.06. The first-order valence-electron chi connectivity index (χ1n) is 5.32. The molecule has 2 heteroatoms. The quantitative estimate of drug-likeness (QED) is 0.500. The minimum Gasteiger partial charge on any atom is -0.271 e. The zero-order chi connectivity index (χ0) is 8.81. The van der Waals surface area contributed by atoms with Gasteiger partial charge in [-0.15, -0.1) is 0 Å². The fraction of sp³-hybridized carbons (Fsp3) is 1.00. The van der Waals surface area contributed by atoms with E-state index in [-0.39, 0.29) is 0 Å². The smallest absolute Gasteiger partial charge is 0.0128 e. The maximum absolute atomic E-state index is 5.37. The van der Waals surface area contributed by atoms with E-state index >= 15 is 0 Å². The second kappa shape index (κ2) is 5.55. The molecule has 0 spiro atoms. The van der Waals surface area contributed by atoms with Crippen molar-refractivity contribution in [2.45, 2.75) is 45.4 Å². The molecule has 0 aromatic carbocycles. The Balaban J connectivity index is 2.31. The molecule has 0 saturated heterocycles. The van der Waals surface area contributed by atoms with E-state index < -0.39 is 0 Å². The monoisotopic (exact) mass is 170 g/mol. The maximum Gasteiger partial charge on any atom is 0.0128 e. The molecule has 2 unspecified atom stereocenters. The summed E-state index contributed by atoms with van der Waals surface area (Å²) in [5, 5.41) is 0. The lowest BCUT2D eigenvalue weighted by Gasteiger charge is -2.31. The van der Waals surface area contributed by atoms with Gasteiger partial charge >= 0.3 is 0 Å². The van der Waals surface area contributed by atoms with E-state index in [1.54, 1.807) is 0 Å². The summed E-state index contributed by atoms with van der Waals surface area (Å²) in [4.78, 5) is 0. The van der Waals surface area contributed by atoms with Crippen LogP contribution in [0.2, 0.25) is 0 Å². The molecule has 1 aliphatic carbocycles. The molecule has 0 aliphatic heterocycles. The zero-order valence-electron chi connectivity index (χ0n) is 8.18. The minimum atomic E-state index is 0.851. The first-order valence-corrected chi connectivity index (χ1v) is 5.32. The van der Waals surface area contributed by atoms with E-state index in [9.17, 15) is 0 Å². The third kappa shape index (κ3) is 2.76. The summed E-state index contributed by atoms with van der Waals surface area (Å²) in [6.07, 6.45) is 8.38. The summed E-state index contributed by atoms with van der Waals surface area (Å²) < 4.78 is 0. The van der Waals surface area contributed by atoms with Crippen molar-refractivity contribution in [1.29, 1.82) is 0 Å². The van der Waals surface area contributed by atoms with E-state index in [1.165, 1.54) is 38.5 Å². The standard InChI is InChI=1S/C10H22N2/c1-2-5-9-6-3-4-7-10(9)8-12-11/h9-10,12H,2-8,11H2,1H3. The highest BCUT2D eigenvalue weighted by Gasteiger charge is 2.23. The largest absolute Gasteiger partial charge is 0.271 e. The molecule has 3 N–H and O–H groups in total. The van der Waals surface area contributed by atoms with Gasteiger partial charge in [-0.2, -0.15) is 0 Å². The van der Waals surface area contributed by atoms with Gasteiger partial charge < -0.3 is 0 Å². The van der Waals surface area contributed by atoms with Crippen LogP contribution in [0.1, 0.15) is 45.4 Å². The lowest BCUT2D eigenvalue weighted by molar-refractivity contribution is 0.217. The molecule has 0 bridgehead atoms. The lowest BCUT2D eigenvalue weighted by Crippen LogP contribution is -2.34. The van der Waals surface area contributed by atoms with Crippen molar-refractivity contribution in [3.63, 3.8) is 0 Å². The Morgan fingerprint density at radius 2 is 1.92 bits per heavy atom. The Bertz CT molecular complexity index is 96.4. The topological polar surface area (TPSA) is 38.0 Å². The molecule has 2 atom stereocenters. The van der Waals surface area contributed by atoms with Crippen LogP contribution < -0.4 is 11.3 Å². The fourth-order valence-electron chi connectivity index (χ4n) is 2.46. The zero-order valence-corrected chi connectivity index (χ0v) is 8.18.